The van der Waals surface area contributed by atoms with Crippen LogP contribution < -0.4 is 11.1 Å². The third kappa shape index (κ3) is 3.46. The molecule has 6 heteroatoms. The first-order chi connectivity index (χ1) is 12.4. The van der Waals surface area contributed by atoms with Crippen molar-refractivity contribution in [2.24, 2.45) is 12.8 Å². The summed E-state index contributed by atoms with van der Waals surface area (Å²) in [6, 6.07) is 9.76. The van der Waals surface area contributed by atoms with E-state index in [1.165, 1.54) is 12.1 Å². The van der Waals surface area contributed by atoms with Gasteiger partial charge in [0.15, 0.2) is 0 Å². The van der Waals surface area contributed by atoms with Crippen molar-refractivity contribution < 1.29 is 9.18 Å². The van der Waals surface area contributed by atoms with E-state index in [4.69, 9.17) is 5.73 Å². The van der Waals surface area contributed by atoms with Crippen LogP contribution in [-0.2, 0) is 11.8 Å². The molecule has 0 aliphatic heterocycles. The van der Waals surface area contributed by atoms with Crippen LogP contribution in [0.1, 0.15) is 25.3 Å². The van der Waals surface area contributed by atoms with Crippen LogP contribution in [0.3, 0.4) is 0 Å². The summed E-state index contributed by atoms with van der Waals surface area (Å²) >= 11 is 0. The highest BCUT2D eigenvalue weighted by Crippen LogP contribution is 2.28. The Hall–Kier alpha value is -2.73. The number of halogens is 1. The number of benzene rings is 2. The smallest absolute Gasteiger partial charge is 0.241 e. The molecular weight excluding hydrogens is 331 g/mol. The molecule has 3 N–H and O–H groups in total. The van der Waals surface area contributed by atoms with E-state index in [2.05, 4.69) is 10.3 Å². The van der Waals surface area contributed by atoms with Crippen LogP contribution in [0.4, 0.5) is 10.1 Å². The number of carbonyl (C=O) groups is 1. The summed E-state index contributed by atoms with van der Waals surface area (Å²) in [7, 11) is 1.89. The number of hydrogen-bond acceptors (Lipinski definition) is 3. The molecule has 0 saturated heterocycles. The molecule has 0 radical (unpaired) electrons. The second-order valence-electron chi connectivity index (χ2n) is 6.54. The van der Waals surface area contributed by atoms with E-state index in [1.807, 2.05) is 43.7 Å². The Morgan fingerprint density at radius 1 is 1.31 bits per heavy atom. The zero-order valence-corrected chi connectivity index (χ0v) is 15.2. The Bertz CT molecular complexity index is 964. The number of anilines is 1. The zero-order chi connectivity index (χ0) is 18.8. The average molecular weight is 354 g/mol. The van der Waals surface area contributed by atoms with Crippen molar-refractivity contribution in [3.05, 3.63) is 47.8 Å². The van der Waals surface area contributed by atoms with Crippen molar-refractivity contribution in [2.75, 3.05) is 5.32 Å². The number of nitrogens with zero attached hydrogens (tertiary/aromatic N) is 2. The van der Waals surface area contributed by atoms with Gasteiger partial charge in [-0.15, -0.1) is 0 Å². The Labute approximate surface area is 152 Å². The number of fused-ring (bicyclic) bond motifs is 1. The lowest BCUT2D eigenvalue weighted by Gasteiger charge is -2.14. The predicted molar refractivity (Wildman–Crippen MR) is 102 cm³/mol. The molecule has 0 fully saturated rings. The molecule has 3 rings (SSSR count). The van der Waals surface area contributed by atoms with E-state index in [0.29, 0.717) is 23.4 Å². The molecule has 5 nitrogen and oxygen atoms in total. The normalized spacial score (nSPS) is 12.3. The van der Waals surface area contributed by atoms with Gasteiger partial charge in [0.1, 0.15) is 11.6 Å². The number of hydrogen-bond donors (Lipinski definition) is 2. The lowest BCUT2D eigenvalue weighted by Crippen LogP contribution is -2.35. The molecule has 1 aromatic heterocycles. The fourth-order valence-corrected chi connectivity index (χ4v) is 2.99. The number of nitrogens with one attached hydrogen (secondary N) is 1. The second-order valence-corrected chi connectivity index (χ2v) is 6.54. The lowest BCUT2D eigenvalue weighted by atomic mass is 10.1. The Morgan fingerprint density at radius 3 is 2.81 bits per heavy atom. The maximum Gasteiger partial charge on any atom is 0.241 e. The molecule has 1 unspecified atom stereocenters. The molecule has 0 aliphatic carbocycles. The minimum absolute atomic E-state index is 0.195. The molecular formula is C20H23FN4O. The van der Waals surface area contributed by atoms with Crippen LogP contribution in [0, 0.1) is 12.7 Å². The number of aryl methyl sites for hydroxylation is 2. The lowest BCUT2D eigenvalue weighted by molar-refractivity contribution is -0.117. The fourth-order valence-electron chi connectivity index (χ4n) is 2.99. The highest BCUT2D eigenvalue weighted by Gasteiger charge is 2.16. The predicted octanol–water partition coefficient (Wildman–Crippen LogP) is 3.75. The van der Waals surface area contributed by atoms with Gasteiger partial charge in [0.05, 0.1) is 17.1 Å². The summed E-state index contributed by atoms with van der Waals surface area (Å²) in [5.74, 6) is 0.196. The molecule has 1 heterocycles. The molecule has 0 bridgehead atoms. The van der Waals surface area contributed by atoms with Gasteiger partial charge in [-0.25, -0.2) is 9.37 Å². The number of nitrogens with two attached hydrogens (primary N) is 1. The van der Waals surface area contributed by atoms with Crippen molar-refractivity contribution in [2.45, 2.75) is 32.7 Å². The molecule has 136 valence electrons. The third-order valence-electron chi connectivity index (χ3n) is 4.53. The standard InChI is InChI=1S/C20H23FN4O/c1-4-5-15(22)20(26)24-16-10-13(7-6-12(16)2)19-23-17-11-14(21)8-9-18(17)25(19)3/h6-11,15H,4-5,22H2,1-3H3,(H,24,26). The molecule has 3 aromatic rings. The molecule has 2 aromatic carbocycles. The minimum atomic E-state index is -0.526. The topological polar surface area (TPSA) is 72.9 Å². The molecule has 1 atom stereocenters. The number of imidazole rings is 1. The van der Waals surface area contributed by atoms with Crippen molar-refractivity contribution in [1.82, 2.24) is 9.55 Å². The van der Waals surface area contributed by atoms with Crippen molar-refractivity contribution in [3.8, 4) is 11.4 Å². The third-order valence-corrected chi connectivity index (χ3v) is 4.53. The first-order valence-corrected chi connectivity index (χ1v) is 8.70. The van der Waals surface area contributed by atoms with Gasteiger partial charge in [-0.2, -0.15) is 0 Å². The van der Waals surface area contributed by atoms with Crippen LogP contribution in [0.2, 0.25) is 0 Å². The summed E-state index contributed by atoms with van der Waals surface area (Å²) in [6.45, 7) is 3.92. The van der Waals surface area contributed by atoms with E-state index in [-0.39, 0.29) is 11.7 Å². The van der Waals surface area contributed by atoms with E-state index < -0.39 is 6.04 Å². The van der Waals surface area contributed by atoms with Crippen LogP contribution >= 0.6 is 0 Å². The van der Waals surface area contributed by atoms with Gasteiger partial charge in [-0.05, 0) is 37.1 Å². The maximum atomic E-state index is 13.5. The van der Waals surface area contributed by atoms with Gasteiger partial charge >= 0.3 is 0 Å². The first kappa shape index (κ1) is 18.1. The monoisotopic (exact) mass is 354 g/mol. The van der Waals surface area contributed by atoms with Crippen LogP contribution in [0.5, 0.6) is 0 Å². The number of rotatable bonds is 5. The fraction of sp³-hybridized carbons (Fsp3) is 0.300. The van der Waals surface area contributed by atoms with Crippen LogP contribution in [-0.4, -0.2) is 21.5 Å². The van der Waals surface area contributed by atoms with E-state index in [1.54, 1.807) is 6.07 Å². The quantitative estimate of drug-likeness (QED) is 0.733. The maximum absolute atomic E-state index is 13.5. The van der Waals surface area contributed by atoms with E-state index in [9.17, 15) is 9.18 Å². The number of amides is 1. The summed E-state index contributed by atoms with van der Waals surface area (Å²) in [4.78, 5) is 16.8. The summed E-state index contributed by atoms with van der Waals surface area (Å²) in [6.07, 6.45) is 1.49. The number of aromatic nitrogens is 2. The van der Waals surface area contributed by atoms with Crippen molar-refractivity contribution in [1.29, 1.82) is 0 Å². The van der Waals surface area contributed by atoms with Crippen molar-refractivity contribution in [3.63, 3.8) is 0 Å². The molecule has 0 aliphatic rings. The highest BCUT2D eigenvalue weighted by atomic mass is 19.1. The highest BCUT2D eigenvalue weighted by molar-refractivity contribution is 5.96. The van der Waals surface area contributed by atoms with E-state index >= 15 is 0 Å². The summed E-state index contributed by atoms with van der Waals surface area (Å²) in [5.41, 5.74) is 9.83. The molecule has 26 heavy (non-hydrogen) atoms. The molecule has 0 saturated carbocycles. The van der Waals surface area contributed by atoms with Gasteiger partial charge in [0.25, 0.3) is 0 Å². The Balaban J connectivity index is 1.97. The summed E-state index contributed by atoms with van der Waals surface area (Å²) in [5, 5.41) is 2.91. The van der Waals surface area contributed by atoms with Crippen molar-refractivity contribution >= 4 is 22.6 Å². The Morgan fingerprint density at radius 2 is 2.08 bits per heavy atom. The minimum Gasteiger partial charge on any atom is -0.327 e. The average Bonchev–Trinajstić information content (AvgIpc) is 2.93. The molecule has 1 amide bonds. The largest absolute Gasteiger partial charge is 0.327 e. The Kier molecular flexibility index (Phi) is 5.04. The molecule has 0 spiro atoms. The second kappa shape index (κ2) is 7.25. The van der Waals surface area contributed by atoms with Crippen LogP contribution in [0.15, 0.2) is 36.4 Å². The van der Waals surface area contributed by atoms with Gasteiger partial charge in [-0.3, -0.25) is 4.79 Å². The SMILES string of the molecule is CCCC(N)C(=O)Nc1cc(-c2nc3cc(F)ccc3n2C)ccc1C. The van der Waals surface area contributed by atoms with E-state index in [0.717, 1.165) is 23.1 Å². The summed E-state index contributed by atoms with van der Waals surface area (Å²) < 4.78 is 15.4. The zero-order valence-electron chi connectivity index (χ0n) is 15.2. The van der Waals surface area contributed by atoms with Gasteiger partial charge < -0.3 is 15.6 Å². The van der Waals surface area contributed by atoms with Gasteiger partial charge in [0.2, 0.25) is 5.91 Å². The van der Waals surface area contributed by atoms with Crippen LogP contribution in [0.25, 0.3) is 22.4 Å². The van der Waals surface area contributed by atoms with Gasteiger partial charge in [-0.1, -0.05) is 25.5 Å². The van der Waals surface area contributed by atoms with Gasteiger partial charge in [0, 0.05) is 24.4 Å². The number of carbonyl (C=O) groups excluding carboxylic acids is 1. The first-order valence-electron chi connectivity index (χ1n) is 8.70.